The molecule has 1 aliphatic rings. The third-order valence-corrected chi connectivity index (χ3v) is 2.47. The first kappa shape index (κ1) is 11.1. The van der Waals surface area contributed by atoms with Crippen LogP contribution in [0.5, 0.6) is 5.75 Å². The number of rotatable bonds is 3. The molecule has 0 saturated carbocycles. The minimum absolute atomic E-state index is 0.176. The summed E-state index contributed by atoms with van der Waals surface area (Å²) < 4.78 is 5.03. The van der Waals surface area contributed by atoms with Crippen molar-refractivity contribution >= 4 is 23.3 Å². The maximum absolute atomic E-state index is 11.6. The van der Waals surface area contributed by atoms with Gasteiger partial charge in [-0.05, 0) is 12.1 Å². The van der Waals surface area contributed by atoms with E-state index in [1.807, 2.05) is 0 Å². The van der Waals surface area contributed by atoms with Crippen molar-refractivity contribution in [3.05, 3.63) is 23.8 Å². The van der Waals surface area contributed by atoms with Crippen LogP contribution in [-0.2, 0) is 9.59 Å². The fraction of sp³-hybridized carbons (Fsp3) is 0.182. The molecule has 0 unspecified atom stereocenters. The number of methoxy groups -OCH3 is 1. The molecule has 0 saturated heterocycles. The summed E-state index contributed by atoms with van der Waals surface area (Å²) in [6, 6.07) is 4.62. The molecule has 0 spiro atoms. The Labute approximate surface area is 96.4 Å². The van der Waals surface area contributed by atoms with E-state index >= 15 is 0 Å². The van der Waals surface area contributed by atoms with E-state index in [1.165, 1.54) is 13.2 Å². The highest BCUT2D eigenvalue weighted by Crippen LogP contribution is 2.37. The molecule has 1 N–H and O–H groups in total. The molecule has 0 radical (unpaired) electrons. The highest BCUT2D eigenvalue weighted by atomic mass is 16.5. The summed E-state index contributed by atoms with van der Waals surface area (Å²) in [5.41, 5.74) is 0.406. The normalized spacial score (nSPS) is 13.8. The zero-order chi connectivity index (χ0) is 12.6. The number of nitrogens with zero attached hydrogens (tertiary/aromatic N) is 1. The van der Waals surface area contributed by atoms with Crippen molar-refractivity contribution in [3.63, 3.8) is 0 Å². The van der Waals surface area contributed by atoms with Crippen molar-refractivity contribution in [1.82, 2.24) is 0 Å². The molecule has 1 heterocycles. The molecule has 17 heavy (non-hydrogen) atoms. The van der Waals surface area contributed by atoms with E-state index in [-0.39, 0.29) is 11.3 Å². The van der Waals surface area contributed by atoms with Gasteiger partial charge in [0.05, 0.1) is 18.4 Å². The molecule has 6 nitrogen and oxygen atoms in total. The average Bonchev–Trinajstić information content (AvgIpc) is 2.54. The van der Waals surface area contributed by atoms with Crippen LogP contribution in [0.15, 0.2) is 18.2 Å². The number of fused-ring (bicyclic) bond motifs is 1. The first-order valence-corrected chi connectivity index (χ1v) is 4.81. The molecule has 0 atom stereocenters. The van der Waals surface area contributed by atoms with Crippen LogP contribution in [-0.4, -0.2) is 36.4 Å². The summed E-state index contributed by atoms with van der Waals surface area (Å²) in [4.78, 5) is 34.8. The highest BCUT2D eigenvalue weighted by molar-refractivity contribution is 6.53. The van der Waals surface area contributed by atoms with Crippen LogP contribution in [0.4, 0.5) is 5.69 Å². The number of carbonyl (C=O) groups excluding carboxylic acids is 2. The summed E-state index contributed by atoms with van der Waals surface area (Å²) >= 11 is 0. The van der Waals surface area contributed by atoms with Gasteiger partial charge in [-0.15, -0.1) is 0 Å². The second kappa shape index (κ2) is 3.89. The molecular weight excluding hydrogens is 226 g/mol. The summed E-state index contributed by atoms with van der Waals surface area (Å²) in [6.07, 6.45) is 0. The van der Waals surface area contributed by atoms with E-state index in [0.717, 1.165) is 4.90 Å². The van der Waals surface area contributed by atoms with Gasteiger partial charge >= 0.3 is 5.97 Å². The Hall–Kier alpha value is -2.37. The lowest BCUT2D eigenvalue weighted by molar-refractivity contribution is -0.136. The lowest BCUT2D eigenvalue weighted by Gasteiger charge is -2.16. The summed E-state index contributed by atoms with van der Waals surface area (Å²) in [5, 5.41) is 8.72. The SMILES string of the molecule is COc1cccc2c1N(CC(=O)O)C(=O)C2=O. The zero-order valence-corrected chi connectivity index (χ0v) is 8.97. The number of carbonyl (C=O) groups is 3. The minimum Gasteiger partial charge on any atom is -0.495 e. The Kier molecular flexibility index (Phi) is 2.55. The van der Waals surface area contributed by atoms with Gasteiger partial charge in [-0.2, -0.15) is 0 Å². The molecule has 1 aromatic rings. The van der Waals surface area contributed by atoms with Crippen molar-refractivity contribution in [2.24, 2.45) is 0 Å². The number of anilines is 1. The topological polar surface area (TPSA) is 83.9 Å². The fourth-order valence-corrected chi connectivity index (χ4v) is 1.77. The zero-order valence-electron chi connectivity index (χ0n) is 8.97. The van der Waals surface area contributed by atoms with Gasteiger partial charge < -0.3 is 9.84 Å². The number of hydrogen-bond donors (Lipinski definition) is 1. The lowest BCUT2D eigenvalue weighted by atomic mass is 10.1. The number of aliphatic carboxylic acids is 1. The predicted molar refractivity (Wildman–Crippen MR) is 57.3 cm³/mol. The van der Waals surface area contributed by atoms with Gasteiger partial charge in [0.1, 0.15) is 12.3 Å². The average molecular weight is 235 g/mol. The number of benzene rings is 1. The number of hydrogen-bond acceptors (Lipinski definition) is 4. The Morgan fingerprint density at radius 2 is 2.12 bits per heavy atom. The van der Waals surface area contributed by atoms with Gasteiger partial charge in [-0.3, -0.25) is 19.3 Å². The molecule has 1 amide bonds. The van der Waals surface area contributed by atoms with Gasteiger partial charge in [0.2, 0.25) is 0 Å². The number of carboxylic acids is 1. The van der Waals surface area contributed by atoms with Crippen LogP contribution >= 0.6 is 0 Å². The van der Waals surface area contributed by atoms with Gasteiger partial charge in [0.25, 0.3) is 11.7 Å². The number of carboxylic acid groups (broad SMARTS) is 1. The Morgan fingerprint density at radius 1 is 1.41 bits per heavy atom. The van der Waals surface area contributed by atoms with Crippen molar-refractivity contribution in [3.8, 4) is 5.75 Å². The summed E-state index contributed by atoms with van der Waals surface area (Å²) in [6.45, 7) is -0.558. The summed E-state index contributed by atoms with van der Waals surface area (Å²) in [5.74, 6) is -2.43. The van der Waals surface area contributed by atoms with Crippen LogP contribution in [0.2, 0.25) is 0 Å². The van der Waals surface area contributed by atoms with E-state index < -0.39 is 24.2 Å². The number of ether oxygens (including phenoxy) is 1. The Balaban J connectivity index is 2.57. The molecule has 0 fully saturated rings. The quantitative estimate of drug-likeness (QED) is 0.762. The van der Waals surface area contributed by atoms with Gasteiger partial charge in [0, 0.05) is 0 Å². The van der Waals surface area contributed by atoms with Crippen LogP contribution < -0.4 is 9.64 Å². The summed E-state index contributed by atoms with van der Waals surface area (Å²) in [7, 11) is 1.39. The van der Waals surface area contributed by atoms with E-state index in [2.05, 4.69) is 0 Å². The minimum atomic E-state index is -1.19. The highest BCUT2D eigenvalue weighted by Gasteiger charge is 2.38. The van der Waals surface area contributed by atoms with Crippen LogP contribution in [0.3, 0.4) is 0 Å². The molecule has 0 aliphatic carbocycles. The number of Topliss-reactive ketones (excluding diaryl/α,β-unsaturated/α-hetero) is 1. The van der Waals surface area contributed by atoms with Gasteiger partial charge in [-0.1, -0.05) is 6.07 Å². The molecule has 88 valence electrons. The van der Waals surface area contributed by atoms with Crippen LogP contribution in [0.1, 0.15) is 10.4 Å². The van der Waals surface area contributed by atoms with E-state index in [9.17, 15) is 14.4 Å². The third kappa shape index (κ3) is 1.63. The maximum Gasteiger partial charge on any atom is 0.323 e. The molecule has 1 aliphatic heterocycles. The second-order valence-corrected chi connectivity index (χ2v) is 3.47. The molecule has 1 aromatic carbocycles. The monoisotopic (exact) mass is 235 g/mol. The standard InChI is InChI=1S/C11H9NO5/c1-17-7-4-2-3-6-9(7)12(5-8(13)14)11(16)10(6)15/h2-4H,5H2,1H3,(H,13,14). The third-order valence-electron chi connectivity index (χ3n) is 2.47. The molecule has 0 aromatic heterocycles. The fourth-order valence-electron chi connectivity index (χ4n) is 1.77. The maximum atomic E-state index is 11.6. The van der Waals surface area contributed by atoms with Crippen molar-refractivity contribution in [1.29, 1.82) is 0 Å². The van der Waals surface area contributed by atoms with Crippen LogP contribution in [0.25, 0.3) is 0 Å². The molecule has 0 bridgehead atoms. The van der Waals surface area contributed by atoms with Gasteiger partial charge in [-0.25, -0.2) is 0 Å². The van der Waals surface area contributed by atoms with Crippen molar-refractivity contribution in [2.75, 3.05) is 18.6 Å². The number of para-hydroxylation sites is 1. The van der Waals surface area contributed by atoms with E-state index in [0.29, 0.717) is 5.75 Å². The lowest BCUT2D eigenvalue weighted by Crippen LogP contribution is -2.34. The first-order valence-electron chi connectivity index (χ1n) is 4.81. The molecule has 2 rings (SSSR count). The smallest absolute Gasteiger partial charge is 0.323 e. The largest absolute Gasteiger partial charge is 0.495 e. The van der Waals surface area contributed by atoms with Crippen LogP contribution in [0, 0.1) is 0 Å². The van der Waals surface area contributed by atoms with E-state index in [1.54, 1.807) is 12.1 Å². The van der Waals surface area contributed by atoms with E-state index in [4.69, 9.17) is 9.84 Å². The number of ketones is 1. The first-order chi connectivity index (χ1) is 8.06. The molecular formula is C11H9NO5. The second-order valence-electron chi connectivity index (χ2n) is 3.47. The van der Waals surface area contributed by atoms with Crippen molar-refractivity contribution < 1.29 is 24.2 Å². The Morgan fingerprint density at radius 3 is 2.71 bits per heavy atom. The predicted octanol–water partition coefficient (Wildman–Crippen LogP) is 0.309. The van der Waals surface area contributed by atoms with Gasteiger partial charge in [0.15, 0.2) is 0 Å². The molecule has 6 heteroatoms. The van der Waals surface area contributed by atoms with Crippen molar-refractivity contribution in [2.45, 2.75) is 0 Å². The number of amides is 1. The Bertz CT molecular complexity index is 523.